The number of amides is 1. The van der Waals surface area contributed by atoms with E-state index in [2.05, 4.69) is 0 Å². The van der Waals surface area contributed by atoms with E-state index in [1.54, 1.807) is 0 Å². The van der Waals surface area contributed by atoms with Gasteiger partial charge < -0.3 is 4.90 Å². The number of carbonyl (C=O) groups excluding carboxylic acids is 1. The first-order valence-corrected chi connectivity index (χ1v) is 4.43. The van der Waals surface area contributed by atoms with Crippen LogP contribution in [0.4, 0.5) is 30.7 Å². The molecule has 0 rings (SSSR count). The van der Waals surface area contributed by atoms with Crippen molar-refractivity contribution in [3.8, 4) is 0 Å². The van der Waals surface area contributed by atoms with E-state index in [0.717, 1.165) is 13.8 Å². The highest BCUT2D eigenvalue weighted by Gasteiger charge is 2.53. The number of nitrogens with zero attached hydrogens (tertiary/aromatic N) is 1. The van der Waals surface area contributed by atoms with Crippen LogP contribution in [0.25, 0.3) is 0 Å². The van der Waals surface area contributed by atoms with Gasteiger partial charge in [0, 0.05) is 6.04 Å². The van der Waals surface area contributed by atoms with Gasteiger partial charge in [0.1, 0.15) is 6.54 Å². The Balaban J connectivity index is 5.04. The van der Waals surface area contributed by atoms with Gasteiger partial charge >= 0.3 is 18.5 Å². The van der Waals surface area contributed by atoms with Gasteiger partial charge in [-0.2, -0.15) is 22.0 Å². The first kappa shape index (κ1) is 16.0. The van der Waals surface area contributed by atoms with Crippen molar-refractivity contribution in [2.24, 2.45) is 0 Å². The largest absolute Gasteiger partial charge is 0.406 e. The van der Waals surface area contributed by atoms with E-state index < -0.39 is 37.0 Å². The standard InChI is InChI=1S/C8H10F7NO/c1-4(2)16(3-7(11,12)13)6(17)8(14,15)5(9)10/h4-5H,3H2,1-2H3. The summed E-state index contributed by atoms with van der Waals surface area (Å²) in [5.41, 5.74) is 0. The van der Waals surface area contributed by atoms with Gasteiger partial charge in [0.05, 0.1) is 0 Å². The normalized spacial score (nSPS) is 13.4. The molecule has 0 fully saturated rings. The van der Waals surface area contributed by atoms with E-state index in [4.69, 9.17) is 0 Å². The lowest BCUT2D eigenvalue weighted by Crippen LogP contribution is -2.53. The number of hydrogen-bond acceptors (Lipinski definition) is 1. The molecule has 0 heterocycles. The quantitative estimate of drug-likeness (QED) is 0.718. The van der Waals surface area contributed by atoms with Crippen molar-refractivity contribution in [3.05, 3.63) is 0 Å². The van der Waals surface area contributed by atoms with E-state index >= 15 is 0 Å². The average Bonchev–Trinajstić information content (AvgIpc) is 2.10. The third-order valence-electron chi connectivity index (χ3n) is 1.79. The molecule has 0 saturated heterocycles. The fourth-order valence-corrected chi connectivity index (χ4v) is 0.967. The molecule has 0 saturated carbocycles. The molecule has 0 atom stereocenters. The lowest BCUT2D eigenvalue weighted by Gasteiger charge is -2.30. The van der Waals surface area contributed by atoms with Crippen LogP contribution >= 0.6 is 0 Å². The topological polar surface area (TPSA) is 20.3 Å². The minimum Gasteiger partial charge on any atom is -0.326 e. The fourth-order valence-electron chi connectivity index (χ4n) is 0.967. The zero-order valence-corrected chi connectivity index (χ0v) is 8.86. The molecule has 0 aromatic carbocycles. The van der Waals surface area contributed by atoms with Crippen molar-refractivity contribution in [1.29, 1.82) is 0 Å². The first-order chi connectivity index (χ1) is 7.39. The van der Waals surface area contributed by atoms with Gasteiger partial charge in [0.15, 0.2) is 0 Å². The first-order valence-electron chi connectivity index (χ1n) is 4.43. The van der Waals surface area contributed by atoms with Crippen LogP contribution in [0.15, 0.2) is 0 Å². The van der Waals surface area contributed by atoms with Crippen LogP contribution in [-0.4, -0.2) is 41.9 Å². The second-order valence-corrected chi connectivity index (χ2v) is 3.57. The van der Waals surface area contributed by atoms with E-state index in [0.29, 0.717) is 0 Å². The highest BCUT2D eigenvalue weighted by Crippen LogP contribution is 2.28. The molecular weight excluding hydrogens is 259 g/mol. The molecular formula is C8H10F7NO. The number of rotatable bonds is 4. The van der Waals surface area contributed by atoms with Crippen LogP contribution < -0.4 is 0 Å². The summed E-state index contributed by atoms with van der Waals surface area (Å²) in [5.74, 6) is -7.64. The molecule has 0 radical (unpaired) electrons. The van der Waals surface area contributed by atoms with Crippen LogP contribution in [0.2, 0.25) is 0 Å². The molecule has 1 amide bonds. The van der Waals surface area contributed by atoms with Crippen molar-refractivity contribution in [2.45, 2.75) is 38.4 Å². The van der Waals surface area contributed by atoms with Gasteiger partial charge in [0.2, 0.25) is 0 Å². The molecule has 9 heteroatoms. The summed E-state index contributed by atoms with van der Waals surface area (Å²) in [6, 6.07) is -1.27. The molecule has 17 heavy (non-hydrogen) atoms. The second kappa shape index (κ2) is 5.09. The maximum atomic E-state index is 12.6. The van der Waals surface area contributed by atoms with E-state index in [1.807, 2.05) is 0 Å². The molecule has 0 aliphatic carbocycles. The molecule has 0 N–H and O–H groups in total. The number of alkyl halides is 7. The number of carbonyl (C=O) groups is 1. The van der Waals surface area contributed by atoms with Crippen molar-refractivity contribution >= 4 is 5.91 Å². The maximum Gasteiger partial charge on any atom is 0.406 e. The Kier molecular flexibility index (Phi) is 4.79. The van der Waals surface area contributed by atoms with Crippen LogP contribution in [0.1, 0.15) is 13.8 Å². The molecule has 0 aliphatic rings. The Morgan fingerprint density at radius 3 is 1.76 bits per heavy atom. The highest BCUT2D eigenvalue weighted by molar-refractivity contribution is 5.84. The summed E-state index contributed by atoms with van der Waals surface area (Å²) in [5, 5.41) is 0. The predicted octanol–water partition coefficient (Wildman–Crippen LogP) is 2.69. The molecule has 0 unspecified atom stereocenters. The third-order valence-corrected chi connectivity index (χ3v) is 1.79. The molecule has 0 aromatic rings. The SMILES string of the molecule is CC(C)N(CC(F)(F)F)C(=O)C(F)(F)C(F)F. The Labute approximate surface area is 92.4 Å². The molecule has 0 bridgehead atoms. The van der Waals surface area contributed by atoms with E-state index in [1.165, 1.54) is 0 Å². The minimum atomic E-state index is -5.12. The highest BCUT2D eigenvalue weighted by atomic mass is 19.4. The fraction of sp³-hybridized carbons (Fsp3) is 0.875. The van der Waals surface area contributed by atoms with Crippen molar-refractivity contribution in [3.63, 3.8) is 0 Å². The number of halogens is 7. The third kappa shape index (κ3) is 4.39. The molecule has 0 aromatic heterocycles. The maximum absolute atomic E-state index is 12.6. The average molecular weight is 269 g/mol. The zero-order chi connectivity index (χ0) is 14.0. The predicted molar refractivity (Wildman–Crippen MR) is 43.9 cm³/mol. The van der Waals surface area contributed by atoms with Gasteiger partial charge in [-0.1, -0.05) is 0 Å². The molecule has 0 spiro atoms. The van der Waals surface area contributed by atoms with Gasteiger partial charge in [-0.25, -0.2) is 8.78 Å². The minimum absolute atomic E-state index is 0.327. The van der Waals surface area contributed by atoms with Crippen LogP contribution in [0.3, 0.4) is 0 Å². The summed E-state index contributed by atoms with van der Waals surface area (Å²) in [6.45, 7) is 0.0438. The summed E-state index contributed by atoms with van der Waals surface area (Å²) in [4.78, 5) is 10.6. The molecule has 0 aliphatic heterocycles. The van der Waals surface area contributed by atoms with Crippen LogP contribution in [0, 0.1) is 0 Å². The zero-order valence-electron chi connectivity index (χ0n) is 8.86. The van der Waals surface area contributed by atoms with Gasteiger partial charge in [-0.15, -0.1) is 0 Å². The Hall–Kier alpha value is -1.02. The summed E-state index contributed by atoms with van der Waals surface area (Å²) in [7, 11) is 0. The Bertz CT molecular complexity index is 274. The second-order valence-electron chi connectivity index (χ2n) is 3.57. The van der Waals surface area contributed by atoms with Crippen LogP contribution in [-0.2, 0) is 4.79 Å². The lowest BCUT2D eigenvalue weighted by molar-refractivity contribution is -0.196. The Morgan fingerprint density at radius 1 is 1.12 bits per heavy atom. The summed E-state index contributed by atoms with van der Waals surface area (Å²) in [6.07, 6.45) is -9.28. The van der Waals surface area contributed by atoms with Gasteiger partial charge in [0.25, 0.3) is 5.91 Å². The Morgan fingerprint density at radius 2 is 1.53 bits per heavy atom. The van der Waals surface area contributed by atoms with Gasteiger partial charge in [-0.05, 0) is 13.8 Å². The molecule has 2 nitrogen and oxygen atoms in total. The summed E-state index contributed by atoms with van der Waals surface area (Å²) < 4.78 is 84.9. The number of hydrogen-bond donors (Lipinski definition) is 0. The monoisotopic (exact) mass is 269 g/mol. The van der Waals surface area contributed by atoms with Gasteiger partial charge in [-0.3, -0.25) is 4.79 Å². The van der Waals surface area contributed by atoms with Crippen molar-refractivity contribution in [1.82, 2.24) is 4.90 Å². The van der Waals surface area contributed by atoms with E-state index in [9.17, 15) is 35.5 Å². The van der Waals surface area contributed by atoms with E-state index in [-0.39, 0.29) is 4.90 Å². The van der Waals surface area contributed by atoms with Crippen molar-refractivity contribution < 1.29 is 35.5 Å². The summed E-state index contributed by atoms with van der Waals surface area (Å²) >= 11 is 0. The van der Waals surface area contributed by atoms with Crippen LogP contribution in [0.5, 0.6) is 0 Å². The lowest BCUT2D eigenvalue weighted by atomic mass is 10.2. The smallest absolute Gasteiger partial charge is 0.326 e. The molecule has 102 valence electrons. The van der Waals surface area contributed by atoms with Crippen molar-refractivity contribution in [2.75, 3.05) is 6.54 Å².